The van der Waals surface area contributed by atoms with Crippen LogP contribution >= 0.6 is 0 Å². The van der Waals surface area contributed by atoms with Crippen molar-refractivity contribution in [3.63, 3.8) is 0 Å². The topological polar surface area (TPSA) is 46.1 Å². The van der Waals surface area contributed by atoms with Crippen LogP contribution in [0.15, 0.2) is 12.4 Å². The largest absolute Gasteiger partial charge is 0.355 e. The zero-order chi connectivity index (χ0) is 13.0. The monoisotopic (exact) mass is 249 g/mol. The maximum atomic E-state index is 11.6. The Labute approximate surface area is 109 Å². The zero-order valence-corrected chi connectivity index (χ0v) is 11.3. The molecule has 1 aliphatic carbocycles. The van der Waals surface area contributed by atoms with E-state index in [9.17, 15) is 4.79 Å². The van der Waals surface area contributed by atoms with Crippen LogP contribution in [-0.4, -0.2) is 23.6 Å². The smallest absolute Gasteiger partial charge is 0.239 e. The summed E-state index contributed by atoms with van der Waals surface area (Å²) in [4.78, 5) is 11.6. The molecule has 0 radical (unpaired) electrons. The molecule has 1 aromatic heterocycles. The molecule has 0 saturated heterocycles. The minimum Gasteiger partial charge on any atom is -0.355 e. The van der Waals surface area contributed by atoms with Gasteiger partial charge in [-0.15, -0.1) is 0 Å². The maximum absolute atomic E-state index is 11.6. The lowest BCUT2D eigenvalue weighted by Gasteiger charge is -2.22. The summed E-state index contributed by atoms with van der Waals surface area (Å²) in [6.07, 6.45) is 7.84. The van der Waals surface area contributed by atoms with Crippen molar-refractivity contribution in [1.82, 2.24) is 15.2 Å². The van der Waals surface area contributed by atoms with Crippen molar-refractivity contribution in [2.45, 2.75) is 45.7 Å². The summed E-state index contributed by atoms with van der Waals surface area (Å²) in [6.45, 7) is 6.20. The molecule has 1 amide bonds. The Morgan fingerprint density at radius 3 is 2.94 bits per heavy atom. The second kappa shape index (κ2) is 6.05. The van der Waals surface area contributed by atoms with Gasteiger partial charge in [-0.3, -0.25) is 4.79 Å². The van der Waals surface area contributed by atoms with Crippen LogP contribution in [0.2, 0.25) is 0 Å². The van der Waals surface area contributed by atoms with Crippen LogP contribution < -0.4 is 10.6 Å². The molecular formula is C14H23N3O. The number of nitrogens with one attached hydrogen (secondary N) is 2. The summed E-state index contributed by atoms with van der Waals surface area (Å²) in [7, 11) is 0. The standard InChI is InChI=1S/C14H23N3O/c1-3-15-13-7-5-6-11-8-17(9-12(11)13)10-14(18)16-4-2/h8-9,13,15H,3-7,10H2,1-2H3,(H,16,18). The average molecular weight is 249 g/mol. The van der Waals surface area contributed by atoms with Crippen molar-refractivity contribution in [2.75, 3.05) is 13.1 Å². The van der Waals surface area contributed by atoms with Crippen LogP contribution in [0.4, 0.5) is 0 Å². The molecule has 4 heteroatoms. The van der Waals surface area contributed by atoms with Gasteiger partial charge in [-0.2, -0.15) is 0 Å². The molecule has 1 aliphatic rings. The van der Waals surface area contributed by atoms with Crippen molar-refractivity contribution in [3.05, 3.63) is 23.5 Å². The van der Waals surface area contributed by atoms with E-state index in [0.29, 0.717) is 19.1 Å². The number of hydrogen-bond donors (Lipinski definition) is 2. The number of fused-ring (bicyclic) bond motifs is 1. The van der Waals surface area contributed by atoms with Crippen LogP contribution in [0.3, 0.4) is 0 Å². The molecule has 0 fully saturated rings. The van der Waals surface area contributed by atoms with Gasteiger partial charge < -0.3 is 15.2 Å². The van der Waals surface area contributed by atoms with Gasteiger partial charge in [0.1, 0.15) is 6.54 Å². The van der Waals surface area contributed by atoms with Crippen molar-refractivity contribution in [3.8, 4) is 0 Å². The fraction of sp³-hybridized carbons (Fsp3) is 0.643. The highest BCUT2D eigenvalue weighted by Gasteiger charge is 2.21. The normalized spacial score (nSPS) is 18.4. The Bertz CT molecular complexity index is 411. The first kappa shape index (κ1) is 13.1. The van der Waals surface area contributed by atoms with E-state index in [1.807, 2.05) is 11.5 Å². The Kier molecular flexibility index (Phi) is 4.42. The SMILES string of the molecule is CCNC(=O)Cn1cc2c(c1)C(NCC)CCC2. The van der Waals surface area contributed by atoms with E-state index in [0.717, 1.165) is 13.0 Å². The van der Waals surface area contributed by atoms with Crippen molar-refractivity contribution < 1.29 is 4.79 Å². The van der Waals surface area contributed by atoms with Crippen LogP contribution in [0.5, 0.6) is 0 Å². The summed E-state index contributed by atoms with van der Waals surface area (Å²) in [5.74, 6) is 0.0878. The average Bonchev–Trinajstić information content (AvgIpc) is 2.73. The third-order valence-corrected chi connectivity index (χ3v) is 3.46. The Balaban J connectivity index is 2.09. The molecule has 0 bridgehead atoms. The van der Waals surface area contributed by atoms with Crippen LogP contribution in [0, 0.1) is 0 Å². The molecule has 0 aromatic carbocycles. The molecule has 1 aromatic rings. The first-order valence-electron chi connectivity index (χ1n) is 6.93. The van der Waals surface area contributed by atoms with Gasteiger partial charge in [0, 0.05) is 25.0 Å². The molecule has 0 spiro atoms. The summed E-state index contributed by atoms with van der Waals surface area (Å²) >= 11 is 0. The number of rotatable bonds is 5. The number of carbonyl (C=O) groups excluding carboxylic acids is 1. The highest BCUT2D eigenvalue weighted by atomic mass is 16.1. The van der Waals surface area contributed by atoms with Crippen LogP contribution in [-0.2, 0) is 17.8 Å². The molecule has 4 nitrogen and oxygen atoms in total. The second-order valence-electron chi connectivity index (χ2n) is 4.87. The quantitative estimate of drug-likeness (QED) is 0.833. The summed E-state index contributed by atoms with van der Waals surface area (Å²) in [5, 5.41) is 6.35. The molecule has 1 atom stereocenters. The Morgan fingerprint density at radius 2 is 2.22 bits per heavy atom. The van der Waals surface area contributed by atoms with Gasteiger partial charge in [0.2, 0.25) is 5.91 Å². The lowest BCUT2D eigenvalue weighted by Crippen LogP contribution is -2.26. The Morgan fingerprint density at radius 1 is 1.39 bits per heavy atom. The molecule has 0 aliphatic heterocycles. The molecule has 1 heterocycles. The summed E-state index contributed by atoms with van der Waals surface area (Å²) < 4.78 is 2.02. The van der Waals surface area contributed by atoms with Gasteiger partial charge in [-0.1, -0.05) is 6.92 Å². The van der Waals surface area contributed by atoms with Gasteiger partial charge in [0.25, 0.3) is 0 Å². The first-order valence-corrected chi connectivity index (χ1v) is 6.93. The summed E-state index contributed by atoms with van der Waals surface area (Å²) in [6, 6.07) is 0.467. The predicted molar refractivity (Wildman–Crippen MR) is 72.5 cm³/mol. The highest BCUT2D eigenvalue weighted by Crippen LogP contribution is 2.30. The van der Waals surface area contributed by atoms with Gasteiger partial charge in [-0.05, 0) is 43.9 Å². The molecule has 1 unspecified atom stereocenters. The highest BCUT2D eigenvalue weighted by molar-refractivity contribution is 5.75. The minimum absolute atomic E-state index is 0.0878. The number of carbonyl (C=O) groups is 1. The number of nitrogens with zero attached hydrogens (tertiary/aromatic N) is 1. The van der Waals surface area contributed by atoms with E-state index in [4.69, 9.17) is 0 Å². The summed E-state index contributed by atoms with van der Waals surface area (Å²) in [5.41, 5.74) is 2.78. The first-order chi connectivity index (χ1) is 8.74. The lowest BCUT2D eigenvalue weighted by molar-refractivity contribution is -0.121. The molecule has 18 heavy (non-hydrogen) atoms. The molecule has 100 valence electrons. The van der Waals surface area contributed by atoms with E-state index in [2.05, 4.69) is 30.0 Å². The molecule has 2 N–H and O–H groups in total. The van der Waals surface area contributed by atoms with Gasteiger partial charge in [-0.25, -0.2) is 0 Å². The fourth-order valence-electron chi connectivity index (χ4n) is 2.72. The van der Waals surface area contributed by atoms with E-state index in [1.165, 1.54) is 24.0 Å². The van der Waals surface area contributed by atoms with E-state index in [1.54, 1.807) is 0 Å². The maximum Gasteiger partial charge on any atom is 0.239 e. The van der Waals surface area contributed by atoms with E-state index < -0.39 is 0 Å². The van der Waals surface area contributed by atoms with Gasteiger partial charge in [0.05, 0.1) is 0 Å². The number of aryl methyl sites for hydroxylation is 1. The third kappa shape index (κ3) is 2.93. The van der Waals surface area contributed by atoms with Crippen molar-refractivity contribution in [1.29, 1.82) is 0 Å². The van der Waals surface area contributed by atoms with Gasteiger partial charge in [0.15, 0.2) is 0 Å². The fourth-order valence-corrected chi connectivity index (χ4v) is 2.72. The molecule has 2 rings (SSSR count). The number of aromatic nitrogens is 1. The molecular weight excluding hydrogens is 226 g/mol. The van der Waals surface area contributed by atoms with Crippen LogP contribution in [0.25, 0.3) is 0 Å². The minimum atomic E-state index is 0.0878. The van der Waals surface area contributed by atoms with E-state index >= 15 is 0 Å². The van der Waals surface area contributed by atoms with Gasteiger partial charge >= 0.3 is 0 Å². The third-order valence-electron chi connectivity index (χ3n) is 3.46. The van der Waals surface area contributed by atoms with Crippen molar-refractivity contribution >= 4 is 5.91 Å². The second-order valence-corrected chi connectivity index (χ2v) is 4.87. The predicted octanol–water partition coefficient (Wildman–Crippen LogP) is 1.61. The number of likely N-dealkylation sites (N-methyl/N-ethyl adjacent to an activating group) is 1. The van der Waals surface area contributed by atoms with E-state index in [-0.39, 0.29) is 5.91 Å². The number of hydrogen-bond acceptors (Lipinski definition) is 2. The zero-order valence-electron chi connectivity index (χ0n) is 11.3. The lowest BCUT2D eigenvalue weighted by atomic mass is 9.91. The van der Waals surface area contributed by atoms with Crippen molar-refractivity contribution in [2.24, 2.45) is 0 Å². The Hall–Kier alpha value is -1.29. The molecule has 0 saturated carbocycles. The number of amides is 1. The van der Waals surface area contributed by atoms with Crippen LogP contribution in [0.1, 0.15) is 43.9 Å².